The Balaban J connectivity index is 1.66. The van der Waals surface area contributed by atoms with Gasteiger partial charge in [-0.25, -0.2) is 0 Å². The van der Waals surface area contributed by atoms with Crippen LogP contribution >= 0.6 is 0 Å². The summed E-state index contributed by atoms with van der Waals surface area (Å²) in [6.45, 7) is 2.67. The quantitative estimate of drug-likeness (QED) is 0.398. The number of fused-ring (bicyclic) bond motifs is 1. The maximum Gasteiger partial charge on any atom is 0.274 e. The van der Waals surface area contributed by atoms with Crippen molar-refractivity contribution in [3.8, 4) is 0 Å². The van der Waals surface area contributed by atoms with E-state index in [1.165, 1.54) is 6.92 Å². The van der Waals surface area contributed by atoms with Crippen molar-refractivity contribution < 1.29 is 24.2 Å². The zero-order valence-electron chi connectivity index (χ0n) is 23.3. The molecule has 2 atom stereocenters. The van der Waals surface area contributed by atoms with Crippen molar-refractivity contribution in [1.82, 2.24) is 15.1 Å². The van der Waals surface area contributed by atoms with E-state index in [9.17, 15) is 14.7 Å². The fourth-order valence-corrected chi connectivity index (χ4v) is 5.51. The van der Waals surface area contributed by atoms with Crippen molar-refractivity contribution in [1.29, 1.82) is 0 Å². The van der Waals surface area contributed by atoms with Crippen LogP contribution in [0.4, 0.5) is 0 Å². The maximum atomic E-state index is 14.1. The fourth-order valence-electron chi connectivity index (χ4n) is 5.51. The fraction of sp³-hybridized carbons (Fsp3) is 0.273. The number of benzene rings is 3. The molecule has 3 aromatic carbocycles. The Morgan fingerprint density at radius 2 is 1.56 bits per heavy atom. The first kappa shape index (κ1) is 28.1. The lowest BCUT2D eigenvalue weighted by atomic mass is 9.82. The molecule has 2 aliphatic heterocycles. The van der Waals surface area contributed by atoms with Gasteiger partial charge in [0.05, 0.1) is 18.3 Å². The average Bonchev–Trinajstić information content (AvgIpc) is 2.99. The minimum atomic E-state index is -1.33. The third kappa shape index (κ3) is 6.19. The molecular weight excluding hydrogens is 518 g/mol. The summed E-state index contributed by atoms with van der Waals surface area (Å²) < 4.78 is 11.6. The molecule has 1 unspecified atom stereocenters. The van der Waals surface area contributed by atoms with E-state index in [1.807, 2.05) is 71.6 Å². The number of aliphatic hydroxyl groups is 1. The monoisotopic (exact) mass is 553 g/mol. The molecule has 0 radical (unpaired) electrons. The van der Waals surface area contributed by atoms with Gasteiger partial charge in [-0.3, -0.25) is 9.59 Å². The summed E-state index contributed by atoms with van der Waals surface area (Å²) in [7, 11) is 1.61. The third-order valence-corrected chi connectivity index (χ3v) is 7.39. The SMILES string of the molecule is COCCN1C[C@H](C(c2ccccc2)c2ccccc2)N2C=C(NC(C)=O)C(O)C(OCc3ccccc3)=C2C1=O. The predicted octanol–water partition coefficient (Wildman–Crippen LogP) is 3.76. The number of carbonyl (C=O) groups excluding carboxylic acids is 2. The van der Waals surface area contributed by atoms with Crippen molar-refractivity contribution in [2.75, 3.05) is 26.8 Å². The van der Waals surface area contributed by atoms with Crippen LogP contribution < -0.4 is 5.32 Å². The zero-order valence-corrected chi connectivity index (χ0v) is 23.3. The molecule has 2 heterocycles. The summed E-state index contributed by atoms with van der Waals surface area (Å²) in [5.74, 6) is -0.632. The molecule has 0 aliphatic carbocycles. The number of amides is 2. The van der Waals surface area contributed by atoms with Gasteiger partial charge in [-0.15, -0.1) is 0 Å². The van der Waals surface area contributed by atoms with Gasteiger partial charge in [0.1, 0.15) is 12.3 Å². The number of hydrogen-bond donors (Lipinski definition) is 2. The molecule has 2 aliphatic rings. The highest BCUT2D eigenvalue weighted by atomic mass is 16.5. The highest BCUT2D eigenvalue weighted by molar-refractivity contribution is 5.95. The van der Waals surface area contributed by atoms with Gasteiger partial charge in [0.2, 0.25) is 5.91 Å². The minimum absolute atomic E-state index is 0.108. The molecule has 212 valence electrons. The molecule has 0 spiro atoms. The topological polar surface area (TPSA) is 91.3 Å². The van der Waals surface area contributed by atoms with Crippen molar-refractivity contribution in [3.05, 3.63) is 131 Å². The summed E-state index contributed by atoms with van der Waals surface area (Å²) in [5, 5.41) is 14.2. The van der Waals surface area contributed by atoms with Crippen LogP contribution in [0.2, 0.25) is 0 Å². The smallest absolute Gasteiger partial charge is 0.274 e. The molecule has 1 saturated heterocycles. The minimum Gasteiger partial charge on any atom is -0.488 e. The molecule has 8 heteroatoms. The van der Waals surface area contributed by atoms with E-state index >= 15 is 0 Å². The van der Waals surface area contributed by atoms with Crippen molar-refractivity contribution >= 4 is 11.8 Å². The molecule has 41 heavy (non-hydrogen) atoms. The Morgan fingerprint density at radius 3 is 2.12 bits per heavy atom. The maximum absolute atomic E-state index is 14.1. The number of carbonyl (C=O) groups is 2. The lowest BCUT2D eigenvalue weighted by molar-refractivity contribution is -0.134. The normalized spacial score (nSPS) is 18.7. The molecule has 2 amide bonds. The van der Waals surface area contributed by atoms with Crippen LogP contribution in [-0.4, -0.2) is 65.7 Å². The zero-order chi connectivity index (χ0) is 28.8. The lowest BCUT2D eigenvalue weighted by Gasteiger charge is -2.48. The number of hydrogen-bond acceptors (Lipinski definition) is 6. The molecule has 3 aromatic rings. The summed E-state index contributed by atoms with van der Waals surface area (Å²) >= 11 is 0. The van der Waals surface area contributed by atoms with Crippen LogP contribution in [-0.2, 0) is 25.7 Å². The summed E-state index contributed by atoms with van der Waals surface area (Å²) in [4.78, 5) is 29.9. The van der Waals surface area contributed by atoms with Crippen LogP contribution in [0.1, 0.15) is 29.5 Å². The number of ether oxygens (including phenoxy) is 2. The van der Waals surface area contributed by atoms with Crippen LogP contribution in [0, 0.1) is 0 Å². The van der Waals surface area contributed by atoms with Gasteiger partial charge >= 0.3 is 0 Å². The van der Waals surface area contributed by atoms with Gasteiger partial charge in [0.25, 0.3) is 5.91 Å². The molecule has 0 aromatic heterocycles. The highest BCUT2D eigenvalue weighted by Crippen LogP contribution is 2.40. The van der Waals surface area contributed by atoms with Gasteiger partial charge in [0.15, 0.2) is 11.9 Å². The number of rotatable bonds is 10. The van der Waals surface area contributed by atoms with Crippen molar-refractivity contribution in [2.24, 2.45) is 0 Å². The molecule has 1 fully saturated rings. The second kappa shape index (κ2) is 12.8. The van der Waals surface area contributed by atoms with E-state index in [1.54, 1.807) is 18.2 Å². The van der Waals surface area contributed by atoms with E-state index in [-0.39, 0.29) is 47.5 Å². The van der Waals surface area contributed by atoms with Gasteiger partial charge in [-0.2, -0.15) is 0 Å². The van der Waals surface area contributed by atoms with Gasteiger partial charge in [-0.05, 0) is 16.7 Å². The van der Waals surface area contributed by atoms with E-state index in [0.717, 1.165) is 16.7 Å². The Labute approximate surface area is 240 Å². The summed E-state index contributed by atoms with van der Waals surface area (Å²) in [5.41, 5.74) is 3.56. The number of piperazine rings is 1. The molecule has 0 bridgehead atoms. The Hall–Kier alpha value is -4.40. The van der Waals surface area contributed by atoms with Crippen molar-refractivity contribution in [2.45, 2.75) is 31.6 Å². The summed E-state index contributed by atoms with van der Waals surface area (Å²) in [6, 6.07) is 29.6. The largest absolute Gasteiger partial charge is 0.488 e. The number of methoxy groups -OCH3 is 1. The first-order valence-electron chi connectivity index (χ1n) is 13.7. The molecule has 8 nitrogen and oxygen atoms in total. The van der Waals surface area contributed by atoms with Crippen LogP contribution in [0.5, 0.6) is 0 Å². The molecule has 2 N–H and O–H groups in total. The second-order valence-electron chi connectivity index (χ2n) is 10.2. The molecular formula is C33H35N3O5. The number of nitrogens with zero attached hydrogens (tertiary/aromatic N) is 2. The second-order valence-corrected chi connectivity index (χ2v) is 10.2. The van der Waals surface area contributed by atoms with Gasteiger partial charge in [-0.1, -0.05) is 91.0 Å². The van der Waals surface area contributed by atoms with Gasteiger partial charge < -0.3 is 29.7 Å². The van der Waals surface area contributed by atoms with Gasteiger partial charge in [0, 0.05) is 39.2 Å². The predicted molar refractivity (Wildman–Crippen MR) is 155 cm³/mol. The van der Waals surface area contributed by atoms with Crippen LogP contribution in [0.3, 0.4) is 0 Å². The van der Waals surface area contributed by atoms with Crippen molar-refractivity contribution in [3.63, 3.8) is 0 Å². The standard InChI is InChI=1S/C33H35N3O5/c1-23(37)34-27-20-36-28(29(25-14-8-4-9-15-25)26-16-10-5-11-17-26)21-35(18-19-40-2)33(39)30(36)32(31(27)38)41-22-24-12-6-3-7-13-24/h3-17,20,28-29,31,38H,18-19,21-22H2,1-2H3,(H,34,37)/t28-,31?/m1/s1. The third-order valence-electron chi connectivity index (χ3n) is 7.39. The van der Waals surface area contributed by atoms with E-state index in [4.69, 9.17) is 9.47 Å². The Kier molecular flexibility index (Phi) is 8.82. The van der Waals surface area contributed by atoms with E-state index in [2.05, 4.69) is 29.6 Å². The van der Waals surface area contributed by atoms with E-state index in [0.29, 0.717) is 19.7 Å². The number of nitrogens with one attached hydrogen (secondary N) is 1. The first-order valence-corrected chi connectivity index (χ1v) is 13.7. The first-order chi connectivity index (χ1) is 20.0. The molecule has 5 rings (SSSR count). The van der Waals surface area contributed by atoms with E-state index < -0.39 is 6.10 Å². The number of aliphatic hydroxyl groups excluding tert-OH is 1. The lowest BCUT2D eigenvalue weighted by Crippen LogP contribution is -2.58. The Morgan fingerprint density at radius 1 is 0.976 bits per heavy atom. The van der Waals surface area contributed by atoms with Crippen LogP contribution in [0.15, 0.2) is 114 Å². The molecule has 0 saturated carbocycles. The average molecular weight is 554 g/mol. The summed E-state index contributed by atoms with van der Waals surface area (Å²) in [6.07, 6.45) is 0.360. The highest BCUT2D eigenvalue weighted by Gasteiger charge is 2.46. The van der Waals surface area contributed by atoms with Crippen LogP contribution in [0.25, 0.3) is 0 Å². The Bertz CT molecular complexity index is 1370.